The van der Waals surface area contributed by atoms with E-state index in [1.807, 2.05) is 73.7 Å². The molecule has 0 aliphatic carbocycles. The second kappa shape index (κ2) is 9.08. The van der Waals surface area contributed by atoms with Crippen molar-refractivity contribution in [3.8, 4) is 11.4 Å². The largest absolute Gasteiger partial charge is 0.353 e. The number of carbonyl (C=O) groups is 1. The number of carbonyl (C=O) groups excluding carboxylic acids is 1. The van der Waals surface area contributed by atoms with Crippen molar-refractivity contribution in [3.05, 3.63) is 95.0 Å². The van der Waals surface area contributed by atoms with Crippen molar-refractivity contribution in [2.24, 2.45) is 0 Å². The molecule has 0 spiro atoms. The Kier molecular flexibility index (Phi) is 5.84. The van der Waals surface area contributed by atoms with Crippen molar-refractivity contribution in [1.29, 1.82) is 0 Å². The number of nitrogens with one attached hydrogen (secondary N) is 2. The van der Waals surface area contributed by atoms with Gasteiger partial charge in [-0.2, -0.15) is 0 Å². The molecule has 2 aromatic heterocycles. The van der Waals surface area contributed by atoms with E-state index >= 15 is 0 Å². The highest BCUT2D eigenvalue weighted by Crippen LogP contribution is 2.33. The zero-order chi connectivity index (χ0) is 22.8. The SMILES string of the molecule is Cc1cccc(NC(=O)CCCc2c(-c3ccc4ccccc4n3)[nH]c3ccc(Cl)cc23)c1. The van der Waals surface area contributed by atoms with E-state index in [0.717, 1.165) is 62.8 Å². The van der Waals surface area contributed by atoms with Gasteiger partial charge in [-0.25, -0.2) is 4.98 Å². The van der Waals surface area contributed by atoms with Crippen molar-refractivity contribution in [2.75, 3.05) is 5.32 Å². The van der Waals surface area contributed by atoms with Gasteiger partial charge in [0.2, 0.25) is 5.91 Å². The van der Waals surface area contributed by atoms with Crippen LogP contribution in [0.1, 0.15) is 24.0 Å². The molecule has 5 heteroatoms. The third-order valence-electron chi connectivity index (χ3n) is 5.86. The lowest BCUT2D eigenvalue weighted by molar-refractivity contribution is -0.116. The molecule has 33 heavy (non-hydrogen) atoms. The molecule has 3 aromatic carbocycles. The van der Waals surface area contributed by atoms with Gasteiger partial charge < -0.3 is 10.3 Å². The van der Waals surface area contributed by atoms with Crippen LogP contribution in [0.5, 0.6) is 0 Å². The maximum absolute atomic E-state index is 12.5. The number of hydrogen-bond acceptors (Lipinski definition) is 2. The lowest BCUT2D eigenvalue weighted by Gasteiger charge is -2.08. The third kappa shape index (κ3) is 4.62. The molecule has 0 radical (unpaired) electrons. The van der Waals surface area contributed by atoms with Gasteiger partial charge in [0.1, 0.15) is 0 Å². The molecule has 4 nitrogen and oxygen atoms in total. The van der Waals surface area contributed by atoms with Crippen LogP contribution in [0.15, 0.2) is 78.9 Å². The van der Waals surface area contributed by atoms with Gasteiger partial charge in [-0.05, 0) is 73.4 Å². The summed E-state index contributed by atoms with van der Waals surface area (Å²) in [6.07, 6.45) is 1.90. The van der Waals surface area contributed by atoms with Crippen LogP contribution in [-0.2, 0) is 11.2 Å². The first-order chi connectivity index (χ1) is 16.1. The predicted molar refractivity (Wildman–Crippen MR) is 137 cm³/mol. The summed E-state index contributed by atoms with van der Waals surface area (Å²) >= 11 is 6.32. The number of benzene rings is 3. The van der Waals surface area contributed by atoms with Crippen molar-refractivity contribution in [1.82, 2.24) is 9.97 Å². The lowest BCUT2D eigenvalue weighted by atomic mass is 10.0. The van der Waals surface area contributed by atoms with Crippen LogP contribution < -0.4 is 5.32 Å². The van der Waals surface area contributed by atoms with Gasteiger partial charge >= 0.3 is 0 Å². The topological polar surface area (TPSA) is 57.8 Å². The van der Waals surface area contributed by atoms with Crippen molar-refractivity contribution in [3.63, 3.8) is 0 Å². The van der Waals surface area contributed by atoms with Crippen LogP contribution in [0.2, 0.25) is 5.02 Å². The minimum atomic E-state index is 0.0175. The molecule has 0 atom stereocenters. The van der Waals surface area contributed by atoms with E-state index in [-0.39, 0.29) is 5.91 Å². The van der Waals surface area contributed by atoms with E-state index in [9.17, 15) is 4.79 Å². The number of aromatic amines is 1. The monoisotopic (exact) mass is 453 g/mol. The Morgan fingerprint density at radius 1 is 1.00 bits per heavy atom. The maximum atomic E-state index is 12.5. The molecule has 0 unspecified atom stereocenters. The zero-order valence-corrected chi connectivity index (χ0v) is 19.1. The molecule has 0 fully saturated rings. The Morgan fingerprint density at radius 2 is 1.88 bits per heavy atom. The highest BCUT2D eigenvalue weighted by atomic mass is 35.5. The van der Waals surface area contributed by atoms with Gasteiger partial charge in [0, 0.05) is 33.4 Å². The molecule has 164 valence electrons. The Bertz CT molecular complexity index is 1470. The van der Waals surface area contributed by atoms with E-state index in [2.05, 4.69) is 22.4 Å². The molecule has 0 aliphatic rings. The number of halogens is 1. The number of para-hydroxylation sites is 1. The minimum absolute atomic E-state index is 0.0175. The number of nitrogens with zero attached hydrogens (tertiary/aromatic N) is 1. The Labute approximate surface area is 197 Å². The molecule has 2 N–H and O–H groups in total. The number of fused-ring (bicyclic) bond motifs is 2. The quantitative estimate of drug-likeness (QED) is 0.283. The molecule has 2 heterocycles. The van der Waals surface area contributed by atoms with Crippen LogP contribution in [-0.4, -0.2) is 15.9 Å². The van der Waals surface area contributed by atoms with E-state index in [4.69, 9.17) is 16.6 Å². The summed E-state index contributed by atoms with van der Waals surface area (Å²) in [6.45, 7) is 2.01. The van der Waals surface area contributed by atoms with Gasteiger partial charge in [-0.15, -0.1) is 0 Å². The first-order valence-electron chi connectivity index (χ1n) is 11.1. The van der Waals surface area contributed by atoms with E-state index < -0.39 is 0 Å². The molecular weight excluding hydrogens is 430 g/mol. The highest BCUT2D eigenvalue weighted by Gasteiger charge is 2.16. The van der Waals surface area contributed by atoms with Gasteiger partial charge in [0.05, 0.1) is 16.9 Å². The molecule has 0 saturated carbocycles. The predicted octanol–water partition coefficient (Wildman–Crippen LogP) is 7.31. The minimum Gasteiger partial charge on any atom is -0.353 e. The molecule has 0 aliphatic heterocycles. The van der Waals surface area contributed by atoms with Crippen LogP contribution in [0.3, 0.4) is 0 Å². The van der Waals surface area contributed by atoms with Crippen LogP contribution >= 0.6 is 11.6 Å². The normalized spacial score (nSPS) is 11.2. The number of hydrogen-bond donors (Lipinski definition) is 2. The Hall–Kier alpha value is -3.63. The Morgan fingerprint density at radius 3 is 2.76 bits per heavy atom. The number of anilines is 1. The third-order valence-corrected chi connectivity index (χ3v) is 6.09. The number of pyridine rings is 1. The second-order valence-corrected chi connectivity index (χ2v) is 8.77. The van der Waals surface area contributed by atoms with Crippen molar-refractivity contribution in [2.45, 2.75) is 26.2 Å². The Balaban J connectivity index is 1.41. The van der Waals surface area contributed by atoms with E-state index in [0.29, 0.717) is 11.4 Å². The first kappa shape index (κ1) is 21.2. The smallest absolute Gasteiger partial charge is 0.224 e. The molecule has 5 aromatic rings. The fraction of sp³-hybridized carbons (Fsp3) is 0.143. The molecule has 5 rings (SSSR count). The molecular formula is C28H24ClN3O. The van der Waals surface area contributed by atoms with E-state index in [1.165, 1.54) is 0 Å². The summed E-state index contributed by atoms with van der Waals surface area (Å²) < 4.78 is 0. The average molecular weight is 454 g/mol. The van der Waals surface area contributed by atoms with Gasteiger partial charge in [0.25, 0.3) is 0 Å². The number of aryl methyl sites for hydroxylation is 2. The second-order valence-electron chi connectivity index (χ2n) is 8.33. The fourth-order valence-corrected chi connectivity index (χ4v) is 4.45. The van der Waals surface area contributed by atoms with Crippen molar-refractivity contribution < 1.29 is 4.79 Å². The fourth-order valence-electron chi connectivity index (χ4n) is 4.28. The number of aromatic nitrogens is 2. The first-order valence-corrected chi connectivity index (χ1v) is 11.5. The van der Waals surface area contributed by atoms with Gasteiger partial charge in [-0.1, -0.05) is 48.0 Å². The summed E-state index contributed by atoms with van der Waals surface area (Å²) in [5.74, 6) is 0.0175. The van der Waals surface area contributed by atoms with Gasteiger partial charge in [-0.3, -0.25) is 4.79 Å². The van der Waals surface area contributed by atoms with Crippen LogP contribution in [0.4, 0.5) is 5.69 Å². The molecule has 1 amide bonds. The summed E-state index contributed by atoms with van der Waals surface area (Å²) in [5, 5.41) is 5.87. The van der Waals surface area contributed by atoms with Crippen molar-refractivity contribution >= 4 is 45.0 Å². The molecule has 0 bridgehead atoms. The number of amides is 1. The molecule has 0 saturated heterocycles. The van der Waals surface area contributed by atoms with E-state index in [1.54, 1.807) is 0 Å². The summed E-state index contributed by atoms with van der Waals surface area (Å²) in [5.41, 5.74) is 6.94. The van der Waals surface area contributed by atoms with Gasteiger partial charge in [0.15, 0.2) is 0 Å². The summed E-state index contributed by atoms with van der Waals surface area (Å²) in [4.78, 5) is 20.9. The standard InChI is InChI=1S/C28H24ClN3O/c1-18-6-4-8-21(16-18)30-27(33)11-5-9-22-23-17-20(29)13-15-25(23)32-28(22)26-14-12-19-7-2-3-10-24(19)31-26/h2-4,6-8,10,12-17,32H,5,9,11H2,1H3,(H,30,33). The summed E-state index contributed by atoms with van der Waals surface area (Å²) in [7, 11) is 0. The van der Waals surface area contributed by atoms with Crippen LogP contribution in [0, 0.1) is 6.92 Å². The lowest BCUT2D eigenvalue weighted by Crippen LogP contribution is -2.11. The number of rotatable bonds is 6. The maximum Gasteiger partial charge on any atom is 0.224 e. The summed E-state index contributed by atoms with van der Waals surface area (Å²) in [6, 6.07) is 26.0. The highest BCUT2D eigenvalue weighted by molar-refractivity contribution is 6.31. The number of H-pyrrole nitrogens is 1. The average Bonchev–Trinajstić information content (AvgIpc) is 3.16. The zero-order valence-electron chi connectivity index (χ0n) is 18.4. The van der Waals surface area contributed by atoms with Crippen LogP contribution in [0.25, 0.3) is 33.2 Å².